The number of likely N-dealkylation sites (tertiary alicyclic amines) is 1. The van der Waals surface area contributed by atoms with Gasteiger partial charge in [-0.15, -0.1) is 0 Å². The maximum absolute atomic E-state index is 15.6. The van der Waals surface area contributed by atoms with Crippen LogP contribution in [0.1, 0.15) is 33.6 Å². The summed E-state index contributed by atoms with van der Waals surface area (Å²) in [5, 5.41) is 15.6. The van der Waals surface area contributed by atoms with Crippen molar-refractivity contribution in [1.82, 2.24) is 29.5 Å². The summed E-state index contributed by atoms with van der Waals surface area (Å²) < 4.78 is 29.2. The average molecular weight is 684 g/mol. The fraction of sp³-hybridized carbons (Fsp3) is 0.382. The van der Waals surface area contributed by atoms with Crippen molar-refractivity contribution in [2.45, 2.75) is 57.8 Å². The van der Waals surface area contributed by atoms with Crippen molar-refractivity contribution >= 4 is 38.3 Å². The molecule has 2 saturated heterocycles. The molecule has 46 heavy (non-hydrogen) atoms. The molecule has 0 spiro atoms. The fourth-order valence-electron chi connectivity index (χ4n) is 6.45. The van der Waals surface area contributed by atoms with E-state index in [-0.39, 0.29) is 23.6 Å². The van der Waals surface area contributed by atoms with Gasteiger partial charge in [-0.25, -0.2) is 0 Å². The van der Waals surface area contributed by atoms with Gasteiger partial charge in [0.25, 0.3) is 0 Å². The molecule has 0 aliphatic carbocycles. The number of hydrogen-bond donors (Lipinski definition) is 0. The molecule has 10 nitrogen and oxygen atoms in total. The second kappa shape index (κ2) is 13.3. The van der Waals surface area contributed by atoms with Crippen LogP contribution < -0.4 is 9.22 Å². The zero-order valence-corrected chi connectivity index (χ0v) is 27.9. The van der Waals surface area contributed by atoms with E-state index in [9.17, 15) is 10.1 Å². The van der Waals surface area contributed by atoms with Crippen molar-refractivity contribution in [2.75, 3.05) is 26.3 Å². The molecule has 6 rings (SSSR count). The number of carbonyl (C=O) groups excluding carboxylic acids is 1. The molecule has 2 aromatic carbocycles. The number of likely N-dealkylation sites (N-methyl/N-ethyl adjacent to an activating group) is 1. The van der Waals surface area contributed by atoms with Gasteiger partial charge in [0.05, 0.1) is 19.3 Å². The van der Waals surface area contributed by atoms with E-state index in [1.165, 1.54) is 12.4 Å². The van der Waals surface area contributed by atoms with Crippen LogP contribution >= 0.6 is 0 Å². The zero-order valence-electron chi connectivity index (χ0n) is 26.1. The third-order valence-corrected chi connectivity index (χ3v) is 9.41. The monoisotopic (exact) mass is 683 g/mol. The first-order chi connectivity index (χ1) is 22.2. The van der Waals surface area contributed by atoms with Gasteiger partial charge in [-0.05, 0) is 6.54 Å². The average Bonchev–Trinajstić information content (AvgIpc) is 3.63. The van der Waals surface area contributed by atoms with Gasteiger partial charge in [0.2, 0.25) is 0 Å². The third-order valence-electron chi connectivity index (χ3n) is 8.70. The van der Waals surface area contributed by atoms with Crippen molar-refractivity contribution in [1.29, 1.82) is 5.26 Å². The Balaban J connectivity index is 1.27. The number of amides is 1. The number of ether oxygens (including phenoxy) is 2. The van der Waals surface area contributed by atoms with Crippen LogP contribution in [0.5, 0.6) is 11.5 Å². The molecule has 2 fully saturated rings. The molecule has 0 unspecified atom stereocenters. The van der Waals surface area contributed by atoms with Gasteiger partial charge in [-0.1, -0.05) is 6.92 Å². The van der Waals surface area contributed by atoms with Crippen molar-refractivity contribution in [3.8, 4) is 28.8 Å². The topological polar surface area (TPSA) is 109 Å². The summed E-state index contributed by atoms with van der Waals surface area (Å²) in [4.78, 5) is 26.7. The number of fused-ring (bicyclic) bond motifs is 1. The molecule has 12 heteroatoms. The minimum atomic E-state index is -0.509. The molecular formula is C34H35AsFN7O3. The number of halogens is 1. The summed E-state index contributed by atoms with van der Waals surface area (Å²) in [5.74, 6) is 0.190. The number of rotatable bonds is 10. The van der Waals surface area contributed by atoms with Crippen LogP contribution in [0, 0.1) is 17.1 Å². The first-order valence-electron chi connectivity index (χ1n) is 15.4. The molecule has 236 valence electrons. The number of nitrogens with zero attached hydrogens (tertiary/aromatic N) is 7. The van der Waals surface area contributed by atoms with Crippen LogP contribution in [-0.2, 0) is 16.1 Å². The van der Waals surface area contributed by atoms with Gasteiger partial charge in [-0.2, -0.15) is 0 Å². The van der Waals surface area contributed by atoms with Crippen LogP contribution in [0.3, 0.4) is 0 Å². The fourth-order valence-corrected chi connectivity index (χ4v) is 6.99. The molecule has 2 aliphatic rings. The van der Waals surface area contributed by atoms with Crippen molar-refractivity contribution in [3.63, 3.8) is 0 Å². The normalized spacial score (nSPS) is 17.4. The minimum absolute atomic E-state index is 0.122. The molecule has 4 aromatic rings. The third kappa shape index (κ3) is 6.30. The van der Waals surface area contributed by atoms with Crippen molar-refractivity contribution in [3.05, 3.63) is 72.3 Å². The van der Waals surface area contributed by atoms with Gasteiger partial charge in [-0.3, -0.25) is 0 Å². The molecule has 2 aromatic heterocycles. The van der Waals surface area contributed by atoms with Gasteiger partial charge < -0.3 is 4.74 Å². The Labute approximate surface area is 276 Å². The van der Waals surface area contributed by atoms with Gasteiger partial charge in [0.15, 0.2) is 0 Å². The number of para-hydroxylation sites is 1. The number of benzene rings is 2. The summed E-state index contributed by atoms with van der Waals surface area (Å²) in [5.41, 5.74) is 0.856. The molecule has 0 saturated carbocycles. The molecule has 0 bridgehead atoms. The summed E-state index contributed by atoms with van der Waals surface area (Å²) in [6.45, 7) is 9.06. The first kappa shape index (κ1) is 31.9. The Morgan fingerprint density at radius 2 is 2.00 bits per heavy atom. The first-order valence-corrected chi connectivity index (χ1v) is 16.4. The molecule has 1 atom stereocenters. The van der Waals surface area contributed by atoms with Crippen LogP contribution in [0.4, 0.5) is 4.39 Å². The summed E-state index contributed by atoms with van der Waals surface area (Å²) in [7, 11) is 0. The molecule has 1 amide bonds. The van der Waals surface area contributed by atoms with E-state index in [4.69, 9.17) is 14.6 Å². The quantitative estimate of drug-likeness (QED) is 0.139. The van der Waals surface area contributed by atoms with E-state index in [1.807, 2.05) is 32.0 Å². The van der Waals surface area contributed by atoms with E-state index in [1.54, 1.807) is 39.9 Å². The second-order valence-corrected chi connectivity index (χ2v) is 13.0. The molecule has 2 radical (unpaired) electrons. The Morgan fingerprint density at radius 1 is 1.22 bits per heavy atom. The van der Waals surface area contributed by atoms with E-state index in [0.29, 0.717) is 64.6 Å². The Hall–Kier alpha value is -4.10. The summed E-state index contributed by atoms with van der Waals surface area (Å²) in [6, 6.07) is 16.1. The Morgan fingerprint density at radius 3 is 2.67 bits per heavy atom. The van der Waals surface area contributed by atoms with E-state index < -0.39 is 11.4 Å². The summed E-state index contributed by atoms with van der Waals surface area (Å²) >= 11 is 2.40. The molecule has 4 heterocycles. The van der Waals surface area contributed by atoms with Gasteiger partial charge >= 0.3 is 240 Å². The molecular weight excluding hydrogens is 648 g/mol. The van der Waals surface area contributed by atoms with Gasteiger partial charge in [0, 0.05) is 0 Å². The van der Waals surface area contributed by atoms with Crippen LogP contribution in [0.15, 0.2) is 66.5 Å². The van der Waals surface area contributed by atoms with Crippen LogP contribution in [0.25, 0.3) is 22.3 Å². The van der Waals surface area contributed by atoms with E-state index >= 15 is 4.39 Å². The van der Waals surface area contributed by atoms with Gasteiger partial charge in [0.1, 0.15) is 0 Å². The van der Waals surface area contributed by atoms with Crippen LogP contribution in [-0.4, -0.2) is 96.2 Å². The van der Waals surface area contributed by atoms with Crippen molar-refractivity contribution < 1.29 is 18.7 Å². The zero-order chi connectivity index (χ0) is 32.4. The Kier molecular flexibility index (Phi) is 9.23. The van der Waals surface area contributed by atoms with Crippen LogP contribution in [0.2, 0.25) is 0 Å². The Bertz CT molecular complexity index is 1820. The molecule has 0 N–H and O–H groups in total. The number of carbonyl (C=O) groups is 1. The SMILES string of the molecule is CCN(C1COC1)C(C)(C)/C=C(/C#N)C(=O)N1CCC[C@@H]1Cn1nc(-c2ccc(Oc3ccccc3)cc2F)c2c([As])ncnc21. The predicted octanol–water partition coefficient (Wildman–Crippen LogP) is 4.16. The second-order valence-electron chi connectivity index (χ2n) is 12.1. The predicted molar refractivity (Wildman–Crippen MR) is 172 cm³/mol. The summed E-state index contributed by atoms with van der Waals surface area (Å²) in [6.07, 6.45) is 4.78. The number of nitriles is 1. The van der Waals surface area contributed by atoms with Crippen molar-refractivity contribution in [2.24, 2.45) is 0 Å². The maximum atomic E-state index is 15.6. The standard InChI is InChI=1S/C34H35AsFN7O3/c1-4-42(24-19-45-20-24)34(2,3)16-22(17-37)33(44)41-14-8-9-23(41)18-43-32-29(31(35)38-21-39-32)30(40-43)27-13-12-26(15-28(27)36)46-25-10-6-5-7-11-25/h5-7,10-13,15-16,21,23-24H,4,8-9,14,18-20H2,1-3H3/b22-16-/t23-/m1/s1. The number of hydrogen-bond acceptors (Lipinski definition) is 8. The number of aromatic nitrogens is 4. The van der Waals surface area contributed by atoms with E-state index in [2.05, 4.69) is 44.7 Å². The molecule has 2 aliphatic heterocycles. The van der Waals surface area contributed by atoms with E-state index in [0.717, 1.165) is 19.4 Å².